The summed E-state index contributed by atoms with van der Waals surface area (Å²) in [4.78, 5) is 65.9. The lowest BCUT2D eigenvalue weighted by Gasteiger charge is -2.20. The highest BCUT2D eigenvalue weighted by molar-refractivity contribution is 6.03. The van der Waals surface area contributed by atoms with Gasteiger partial charge in [0.15, 0.2) is 0 Å². The Hall–Kier alpha value is -4.09. The number of Topliss-reactive ketones (excluding diaryl/α,β-unsaturated/α-hetero) is 1. The fraction of sp³-hybridized carbons (Fsp3) is 0.517. The molecule has 226 valence electrons. The summed E-state index contributed by atoms with van der Waals surface area (Å²) in [5, 5.41) is 7.30. The van der Waals surface area contributed by atoms with E-state index in [1.807, 2.05) is 13.0 Å². The third kappa shape index (κ3) is 13.2. The number of pyridine rings is 1. The number of nitrogens with zero attached hydrogens (tertiary/aromatic N) is 1. The normalized spacial score (nSPS) is 13.2. The van der Waals surface area contributed by atoms with Crippen LogP contribution in [0.15, 0.2) is 36.1 Å². The van der Waals surface area contributed by atoms with Crippen LogP contribution in [-0.4, -0.2) is 52.4 Å². The molecule has 0 bridgehead atoms. The monoisotopic (exact) mass is 576 g/mol. The van der Waals surface area contributed by atoms with E-state index in [0.29, 0.717) is 0 Å². The fourth-order valence-electron chi connectivity index (χ4n) is 3.29. The first-order valence-corrected chi connectivity index (χ1v) is 13.5. The van der Waals surface area contributed by atoms with Gasteiger partial charge in [-0.15, -0.1) is 0 Å². The van der Waals surface area contributed by atoms with Crippen molar-refractivity contribution in [3.05, 3.63) is 53.3 Å². The SMILES string of the molecule is C/C=C(\NC(=O)c1ccc(F)c(CNC(=O)OC(C)(C)C)n1)C(=O)N[C@@H](CC)C(=O)O[C@H](/C=C/CCC)CC(C)=O. The second-order valence-electron chi connectivity index (χ2n) is 10.2. The van der Waals surface area contributed by atoms with Crippen LogP contribution in [0.4, 0.5) is 9.18 Å². The van der Waals surface area contributed by atoms with Gasteiger partial charge in [0.25, 0.3) is 11.8 Å². The number of ketones is 1. The van der Waals surface area contributed by atoms with E-state index in [1.54, 1.807) is 33.8 Å². The number of carbonyl (C=O) groups is 5. The average molecular weight is 577 g/mol. The van der Waals surface area contributed by atoms with Gasteiger partial charge >= 0.3 is 12.1 Å². The zero-order chi connectivity index (χ0) is 31.2. The number of rotatable bonds is 14. The van der Waals surface area contributed by atoms with Crippen molar-refractivity contribution in [1.82, 2.24) is 20.9 Å². The zero-order valence-electron chi connectivity index (χ0n) is 24.8. The van der Waals surface area contributed by atoms with Gasteiger partial charge in [-0.25, -0.2) is 19.0 Å². The van der Waals surface area contributed by atoms with Crippen LogP contribution in [0.1, 0.15) is 90.3 Å². The highest BCUT2D eigenvalue weighted by Gasteiger charge is 2.26. The summed E-state index contributed by atoms with van der Waals surface area (Å²) < 4.78 is 24.8. The second-order valence-corrected chi connectivity index (χ2v) is 10.2. The van der Waals surface area contributed by atoms with Crippen molar-refractivity contribution in [3.63, 3.8) is 0 Å². The van der Waals surface area contributed by atoms with Crippen molar-refractivity contribution >= 4 is 29.7 Å². The van der Waals surface area contributed by atoms with Crippen LogP contribution in [0.2, 0.25) is 0 Å². The molecule has 0 fully saturated rings. The van der Waals surface area contributed by atoms with Crippen molar-refractivity contribution in [2.45, 2.75) is 98.4 Å². The molecule has 3 N–H and O–H groups in total. The van der Waals surface area contributed by atoms with E-state index in [2.05, 4.69) is 20.9 Å². The second kappa shape index (κ2) is 16.9. The van der Waals surface area contributed by atoms with Crippen LogP contribution in [0.25, 0.3) is 0 Å². The molecule has 0 aliphatic heterocycles. The molecule has 1 heterocycles. The third-order valence-electron chi connectivity index (χ3n) is 5.29. The van der Waals surface area contributed by atoms with Gasteiger partial charge in [-0.2, -0.15) is 0 Å². The smallest absolute Gasteiger partial charge is 0.407 e. The minimum Gasteiger partial charge on any atom is -0.456 e. The summed E-state index contributed by atoms with van der Waals surface area (Å²) in [6.07, 6.45) is 5.11. The van der Waals surface area contributed by atoms with Crippen LogP contribution in [0, 0.1) is 5.82 Å². The van der Waals surface area contributed by atoms with Gasteiger partial charge in [0.1, 0.15) is 40.7 Å². The van der Waals surface area contributed by atoms with Crippen molar-refractivity contribution in [3.8, 4) is 0 Å². The number of unbranched alkanes of at least 4 members (excludes halogenated alkanes) is 1. The number of halogens is 1. The molecule has 0 saturated heterocycles. The van der Waals surface area contributed by atoms with E-state index in [-0.39, 0.29) is 42.3 Å². The molecule has 1 rings (SSSR count). The molecule has 0 radical (unpaired) electrons. The Kier molecular flexibility index (Phi) is 14.4. The van der Waals surface area contributed by atoms with Gasteiger partial charge in [-0.1, -0.05) is 32.4 Å². The van der Waals surface area contributed by atoms with Crippen molar-refractivity contribution in [1.29, 1.82) is 0 Å². The molecule has 2 atom stereocenters. The molecule has 0 aromatic carbocycles. The fourth-order valence-corrected chi connectivity index (χ4v) is 3.29. The van der Waals surface area contributed by atoms with E-state index < -0.39 is 47.4 Å². The Labute approximate surface area is 240 Å². The Morgan fingerprint density at radius 3 is 2.37 bits per heavy atom. The molecule has 41 heavy (non-hydrogen) atoms. The number of nitrogens with one attached hydrogen (secondary N) is 3. The molecule has 0 unspecified atom stereocenters. The number of allylic oxidation sites excluding steroid dienone is 2. The largest absolute Gasteiger partial charge is 0.456 e. The topological polar surface area (TPSA) is 153 Å². The molecule has 1 aromatic rings. The van der Waals surface area contributed by atoms with Gasteiger partial charge < -0.3 is 25.4 Å². The van der Waals surface area contributed by atoms with E-state index >= 15 is 0 Å². The summed E-state index contributed by atoms with van der Waals surface area (Å²) in [5.41, 5.74) is -1.35. The molecule has 0 aliphatic carbocycles. The number of hydrogen-bond donors (Lipinski definition) is 3. The standard InChI is InChI=1S/C29H41FN4O7/c1-8-11-12-13-19(16-18(4)35)40-27(38)22(10-3)34-25(36)21(9-2)33-26(37)23-15-14-20(30)24(32-23)17-31-28(39)41-29(5,6)7/h9,12-15,19,22H,8,10-11,16-17H2,1-7H3,(H,31,39)(H,33,37)(H,34,36)/b13-12+,21-9-/t19-,22+/m1/s1. The molecule has 1 aromatic heterocycles. The van der Waals surface area contributed by atoms with Crippen LogP contribution in [-0.2, 0) is 30.4 Å². The predicted octanol–water partition coefficient (Wildman–Crippen LogP) is 4.02. The molecular weight excluding hydrogens is 535 g/mol. The third-order valence-corrected chi connectivity index (χ3v) is 5.29. The summed E-state index contributed by atoms with van der Waals surface area (Å²) in [5.74, 6) is -3.21. The van der Waals surface area contributed by atoms with E-state index in [0.717, 1.165) is 25.0 Å². The van der Waals surface area contributed by atoms with Gasteiger partial charge in [-0.3, -0.25) is 14.4 Å². The van der Waals surface area contributed by atoms with E-state index in [4.69, 9.17) is 9.47 Å². The predicted molar refractivity (Wildman–Crippen MR) is 150 cm³/mol. The van der Waals surface area contributed by atoms with Gasteiger partial charge in [-0.05, 0) is 65.7 Å². The molecule has 12 heteroatoms. The number of alkyl carbamates (subject to hydrolysis) is 1. The molecule has 11 nitrogen and oxygen atoms in total. The number of ether oxygens (including phenoxy) is 2. The Balaban J connectivity index is 2.90. The lowest BCUT2D eigenvalue weighted by molar-refractivity contribution is -0.151. The van der Waals surface area contributed by atoms with Gasteiger partial charge in [0, 0.05) is 6.42 Å². The lowest BCUT2D eigenvalue weighted by Crippen LogP contribution is -2.45. The molecule has 0 aliphatic rings. The van der Waals surface area contributed by atoms with Crippen LogP contribution < -0.4 is 16.0 Å². The lowest BCUT2D eigenvalue weighted by atomic mass is 10.1. The van der Waals surface area contributed by atoms with Crippen LogP contribution >= 0.6 is 0 Å². The summed E-state index contributed by atoms with van der Waals surface area (Å²) >= 11 is 0. The first kappa shape index (κ1) is 34.9. The minimum absolute atomic E-state index is 0.00641. The van der Waals surface area contributed by atoms with E-state index in [9.17, 15) is 28.4 Å². The number of aromatic nitrogens is 1. The first-order chi connectivity index (χ1) is 19.2. The summed E-state index contributed by atoms with van der Waals surface area (Å²) in [6.45, 7) is 11.2. The Morgan fingerprint density at radius 2 is 1.80 bits per heavy atom. The molecule has 0 saturated carbocycles. The maximum Gasteiger partial charge on any atom is 0.407 e. The van der Waals surface area contributed by atoms with Crippen molar-refractivity contribution < 1.29 is 37.8 Å². The number of esters is 1. The number of hydrogen-bond acceptors (Lipinski definition) is 8. The maximum absolute atomic E-state index is 14.3. The first-order valence-electron chi connectivity index (χ1n) is 13.5. The minimum atomic E-state index is -1.04. The van der Waals surface area contributed by atoms with E-state index in [1.165, 1.54) is 19.9 Å². The molecular formula is C29H41FN4O7. The highest BCUT2D eigenvalue weighted by Crippen LogP contribution is 2.11. The average Bonchev–Trinajstić information content (AvgIpc) is 2.88. The number of amides is 3. The van der Waals surface area contributed by atoms with Gasteiger partial charge in [0.2, 0.25) is 0 Å². The van der Waals surface area contributed by atoms with Crippen LogP contribution in [0.5, 0.6) is 0 Å². The Bertz CT molecular complexity index is 1160. The van der Waals surface area contributed by atoms with Crippen LogP contribution in [0.3, 0.4) is 0 Å². The Morgan fingerprint density at radius 1 is 1.12 bits per heavy atom. The summed E-state index contributed by atoms with van der Waals surface area (Å²) in [6, 6.07) is 1.09. The maximum atomic E-state index is 14.3. The van der Waals surface area contributed by atoms with Gasteiger partial charge in [0.05, 0.1) is 12.2 Å². The summed E-state index contributed by atoms with van der Waals surface area (Å²) in [7, 11) is 0. The molecule has 0 spiro atoms. The zero-order valence-corrected chi connectivity index (χ0v) is 24.8. The quantitative estimate of drug-likeness (QED) is 0.171. The van der Waals surface area contributed by atoms with Crippen molar-refractivity contribution in [2.24, 2.45) is 0 Å². The highest BCUT2D eigenvalue weighted by atomic mass is 19.1. The molecule has 3 amide bonds. The number of carbonyl (C=O) groups excluding carboxylic acids is 5. The van der Waals surface area contributed by atoms with Crippen molar-refractivity contribution in [2.75, 3.05) is 0 Å².